The van der Waals surface area contributed by atoms with E-state index in [4.69, 9.17) is 4.74 Å². The molecule has 0 spiro atoms. The Morgan fingerprint density at radius 3 is 2.60 bits per heavy atom. The van der Waals surface area contributed by atoms with E-state index in [1.807, 2.05) is 49.4 Å². The molecule has 128 valence electrons. The minimum Gasteiger partial charge on any atom is -0.497 e. The number of hydrazine groups is 1. The predicted octanol–water partition coefficient (Wildman–Crippen LogP) is 4.25. The average molecular weight is 400 g/mol. The predicted molar refractivity (Wildman–Crippen MR) is 103 cm³/mol. The van der Waals surface area contributed by atoms with Crippen LogP contribution in [-0.4, -0.2) is 18.0 Å². The first-order chi connectivity index (χ1) is 12.1. The van der Waals surface area contributed by atoms with E-state index in [1.165, 1.54) is 0 Å². The van der Waals surface area contributed by atoms with Crippen LogP contribution in [-0.2, 0) is 4.79 Å². The molecule has 0 aliphatic heterocycles. The van der Waals surface area contributed by atoms with Crippen LogP contribution < -0.4 is 15.6 Å². The highest BCUT2D eigenvalue weighted by Gasteiger charge is 2.15. The zero-order chi connectivity index (χ0) is 17.8. The van der Waals surface area contributed by atoms with E-state index < -0.39 is 0 Å². The van der Waals surface area contributed by atoms with E-state index in [2.05, 4.69) is 31.8 Å². The molecule has 0 bridgehead atoms. The van der Waals surface area contributed by atoms with E-state index in [-0.39, 0.29) is 11.8 Å². The summed E-state index contributed by atoms with van der Waals surface area (Å²) < 4.78 is 6.12. The molecule has 0 fully saturated rings. The summed E-state index contributed by atoms with van der Waals surface area (Å²) in [6.07, 6.45) is 1.66. The molecule has 1 heterocycles. The Kier molecular flexibility index (Phi) is 5.19. The van der Waals surface area contributed by atoms with Gasteiger partial charge in [-0.1, -0.05) is 24.3 Å². The van der Waals surface area contributed by atoms with Crippen LogP contribution in [0.3, 0.4) is 0 Å². The normalized spacial score (nSPS) is 11.8. The van der Waals surface area contributed by atoms with E-state index in [1.54, 1.807) is 19.4 Å². The number of benzene rings is 2. The Bertz CT molecular complexity index is 897. The first-order valence-corrected chi connectivity index (χ1v) is 8.61. The summed E-state index contributed by atoms with van der Waals surface area (Å²) in [7, 11) is 1.65. The number of methoxy groups -OCH3 is 1. The molecule has 6 heteroatoms. The molecule has 1 amide bonds. The van der Waals surface area contributed by atoms with Gasteiger partial charge in [-0.25, -0.2) is 4.98 Å². The number of nitrogens with zero attached hydrogens (tertiary/aromatic N) is 1. The molecule has 2 N–H and O–H groups in total. The number of amides is 1. The van der Waals surface area contributed by atoms with Gasteiger partial charge in [-0.2, -0.15) is 0 Å². The molecule has 25 heavy (non-hydrogen) atoms. The molecule has 0 unspecified atom stereocenters. The molecule has 0 saturated carbocycles. The standard InChI is InChI=1S/C19H18BrN3O2/c1-12(19(24)23-22-18-8-6-16(20)11-21-18)13-3-4-15-10-17(25-2)7-5-14(15)9-13/h3-12H,1-2H3,(H,21,22)(H,23,24)/t12-/m0/s1. The molecular formula is C19H18BrN3O2. The number of hydrogen-bond donors (Lipinski definition) is 2. The number of halogens is 1. The fourth-order valence-corrected chi connectivity index (χ4v) is 2.71. The highest BCUT2D eigenvalue weighted by atomic mass is 79.9. The van der Waals surface area contributed by atoms with Crippen LogP contribution in [0.2, 0.25) is 0 Å². The van der Waals surface area contributed by atoms with Crippen molar-refractivity contribution < 1.29 is 9.53 Å². The van der Waals surface area contributed by atoms with E-state index in [0.717, 1.165) is 26.6 Å². The zero-order valence-electron chi connectivity index (χ0n) is 13.9. The van der Waals surface area contributed by atoms with Gasteiger partial charge in [-0.05, 0) is 63.5 Å². The fourth-order valence-electron chi connectivity index (χ4n) is 2.47. The molecular weight excluding hydrogens is 382 g/mol. The molecule has 5 nitrogen and oxygen atoms in total. The van der Waals surface area contributed by atoms with Crippen LogP contribution in [0.5, 0.6) is 5.75 Å². The lowest BCUT2D eigenvalue weighted by atomic mass is 9.97. The number of carbonyl (C=O) groups is 1. The maximum Gasteiger partial charge on any atom is 0.245 e. The second kappa shape index (κ2) is 7.53. The third-order valence-electron chi connectivity index (χ3n) is 4.01. The molecule has 3 rings (SSSR count). The first-order valence-electron chi connectivity index (χ1n) is 7.82. The van der Waals surface area contributed by atoms with Crippen molar-refractivity contribution in [1.82, 2.24) is 10.4 Å². The number of hydrogen-bond acceptors (Lipinski definition) is 4. The van der Waals surface area contributed by atoms with Crippen molar-refractivity contribution in [3.63, 3.8) is 0 Å². The molecule has 0 radical (unpaired) electrons. The number of pyridine rings is 1. The fraction of sp³-hybridized carbons (Fsp3) is 0.158. The number of nitrogens with one attached hydrogen (secondary N) is 2. The summed E-state index contributed by atoms with van der Waals surface area (Å²) in [5.41, 5.74) is 6.47. The van der Waals surface area contributed by atoms with Crippen LogP contribution in [0.25, 0.3) is 10.8 Å². The first kappa shape index (κ1) is 17.2. The summed E-state index contributed by atoms with van der Waals surface area (Å²) in [4.78, 5) is 16.5. The van der Waals surface area contributed by atoms with Gasteiger partial charge in [-0.3, -0.25) is 15.6 Å². The van der Waals surface area contributed by atoms with E-state index in [0.29, 0.717) is 5.82 Å². The van der Waals surface area contributed by atoms with Crippen LogP contribution >= 0.6 is 15.9 Å². The topological polar surface area (TPSA) is 63.2 Å². The van der Waals surface area contributed by atoms with Gasteiger partial charge >= 0.3 is 0 Å². The summed E-state index contributed by atoms with van der Waals surface area (Å²) in [6.45, 7) is 1.87. The van der Waals surface area contributed by atoms with Gasteiger partial charge in [0.25, 0.3) is 0 Å². The number of fused-ring (bicyclic) bond motifs is 1. The van der Waals surface area contributed by atoms with E-state index in [9.17, 15) is 4.79 Å². The van der Waals surface area contributed by atoms with Crippen molar-refractivity contribution in [3.8, 4) is 5.75 Å². The minimum absolute atomic E-state index is 0.127. The van der Waals surface area contributed by atoms with Crippen molar-refractivity contribution in [2.24, 2.45) is 0 Å². The Morgan fingerprint density at radius 2 is 1.88 bits per heavy atom. The molecule has 3 aromatic rings. The maximum atomic E-state index is 12.4. The molecule has 0 aliphatic rings. The lowest BCUT2D eigenvalue weighted by Crippen LogP contribution is -2.33. The monoisotopic (exact) mass is 399 g/mol. The Labute approximate surface area is 154 Å². The number of anilines is 1. The van der Waals surface area contributed by atoms with E-state index >= 15 is 0 Å². The third-order valence-corrected chi connectivity index (χ3v) is 4.47. The second-order valence-electron chi connectivity index (χ2n) is 5.67. The second-order valence-corrected chi connectivity index (χ2v) is 6.59. The zero-order valence-corrected chi connectivity index (χ0v) is 15.5. The smallest absolute Gasteiger partial charge is 0.245 e. The number of aromatic nitrogens is 1. The summed E-state index contributed by atoms with van der Waals surface area (Å²) >= 11 is 3.32. The number of ether oxygens (including phenoxy) is 1. The van der Waals surface area contributed by atoms with Crippen LogP contribution in [0.1, 0.15) is 18.4 Å². The van der Waals surface area contributed by atoms with Crippen LogP contribution in [0, 0.1) is 0 Å². The van der Waals surface area contributed by atoms with Crippen LogP contribution in [0.15, 0.2) is 59.2 Å². The van der Waals surface area contributed by atoms with Gasteiger partial charge in [0.2, 0.25) is 5.91 Å². The molecule has 1 atom stereocenters. The van der Waals surface area contributed by atoms with Gasteiger partial charge in [0, 0.05) is 10.7 Å². The molecule has 0 saturated heterocycles. The van der Waals surface area contributed by atoms with Gasteiger partial charge < -0.3 is 4.74 Å². The number of carbonyl (C=O) groups excluding carboxylic acids is 1. The number of rotatable bonds is 5. The Morgan fingerprint density at radius 1 is 1.12 bits per heavy atom. The van der Waals surface area contributed by atoms with Crippen molar-refractivity contribution in [2.45, 2.75) is 12.8 Å². The summed E-state index contributed by atoms with van der Waals surface area (Å²) in [5.74, 6) is 0.971. The molecule has 1 aromatic heterocycles. The average Bonchev–Trinajstić information content (AvgIpc) is 2.65. The van der Waals surface area contributed by atoms with Crippen molar-refractivity contribution >= 4 is 38.4 Å². The van der Waals surface area contributed by atoms with Gasteiger partial charge in [-0.15, -0.1) is 0 Å². The Hall–Kier alpha value is -2.60. The highest BCUT2D eigenvalue weighted by Crippen LogP contribution is 2.25. The van der Waals surface area contributed by atoms with Gasteiger partial charge in [0.15, 0.2) is 0 Å². The third kappa shape index (κ3) is 4.09. The largest absolute Gasteiger partial charge is 0.497 e. The lowest BCUT2D eigenvalue weighted by Gasteiger charge is -2.14. The van der Waals surface area contributed by atoms with Crippen molar-refractivity contribution in [2.75, 3.05) is 12.5 Å². The molecule has 0 aliphatic carbocycles. The van der Waals surface area contributed by atoms with Crippen molar-refractivity contribution in [1.29, 1.82) is 0 Å². The van der Waals surface area contributed by atoms with Crippen LogP contribution in [0.4, 0.5) is 5.82 Å². The summed E-state index contributed by atoms with van der Waals surface area (Å²) in [6, 6.07) is 15.5. The maximum absolute atomic E-state index is 12.4. The minimum atomic E-state index is -0.297. The van der Waals surface area contributed by atoms with Crippen molar-refractivity contribution in [3.05, 3.63) is 64.8 Å². The van der Waals surface area contributed by atoms with Gasteiger partial charge in [0.1, 0.15) is 11.6 Å². The highest BCUT2D eigenvalue weighted by molar-refractivity contribution is 9.10. The Balaban J connectivity index is 1.70. The molecule has 2 aromatic carbocycles. The quantitative estimate of drug-likeness (QED) is 0.629. The summed E-state index contributed by atoms with van der Waals surface area (Å²) in [5, 5.41) is 2.15. The van der Waals surface area contributed by atoms with Gasteiger partial charge in [0.05, 0.1) is 13.0 Å². The lowest BCUT2D eigenvalue weighted by molar-refractivity contribution is -0.121. The SMILES string of the molecule is COc1ccc2cc([C@H](C)C(=O)NNc3ccc(Br)cn3)ccc2c1.